The first-order valence-corrected chi connectivity index (χ1v) is 8.71. The lowest BCUT2D eigenvalue weighted by Crippen LogP contribution is -2.53. The maximum atomic E-state index is 12.6. The summed E-state index contributed by atoms with van der Waals surface area (Å²) in [5, 5.41) is 5.96. The van der Waals surface area contributed by atoms with Gasteiger partial charge in [0.1, 0.15) is 17.7 Å². The third-order valence-corrected chi connectivity index (χ3v) is 3.85. The second-order valence-electron chi connectivity index (χ2n) is 7.39. The molecule has 1 unspecified atom stereocenters. The SMILES string of the molecule is C[C@H](NC(=O)C(Cc1c[nH]c2ccccc12)NC(N)=O)C(=O)OC(C)(C)C. The first-order valence-electron chi connectivity index (χ1n) is 8.71. The van der Waals surface area contributed by atoms with Crippen molar-refractivity contribution in [2.75, 3.05) is 0 Å². The highest BCUT2D eigenvalue weighted by Crippen LogP contribution is 2.19. The summed E-state index contributed by atoms with van der Waals surface area (Å²) in [5.74, 6) is -1.07. The first kappa shape index (κ1) is 20.3. The minimum atomic E-state index is -0.924. The van der Waals surface area contributed by atoms with Crippen LogP contribution in [0.2, 0.25) is 0 Å². The summed E-state index contributed by atoms with van der Waals surface area (Å²) < 4.78 is 5.25. The van der Waals surface area contributed by atoms with E-state index in [9.17, 15) is 14.4 Å². The number of H-pyrrole nitrogens is 1. The van der Waals surface area contributed by atoms with Crippen LogP contribution >= 0.6 is 0 Å². The minimum Gasteiger partial charge on any atom is -0.458 e. The molecule has 3 amide bonds. The fraction of sp³-hybridized carbons (Fsp3) is 0.421. The molecular formula is C19H26N4O4. The Bertz CT molecular complexity index is 838. The van der Waals surface area contributed by atoms with Crippen molar-refractivity contribution in [3.8, 4) is 0 Å². The number of para-hydroxylation sites is 1. The van der Waals surface area contributed by atoms with Crippen molar-refractivity contribution in [1.29, 1.82) is 0 Å². The van der Waals surface area contributed by atoms with Crippen molar-refractivity contribution in [2.45, 2.75) is 51.8 Å². The molecule has 0 fully saturated rings. The van der Waals surface area contributed by atoms with E-state index in [0.717, 1.165) is 16.5 Å². The van der Waals surface area contributed by atoms with E-state index in [2.05, 4.69) is 15.6 Å². The zero-order valence-corrected chi connectivity index (χ0v) is 16.0. The van der Waals surface area contributed by atoms with E-state index in [-0.39, 0.29) is 6.42 Å². The van der Waals surface area contributed by atoms with Crippen molar-refractivity contribution in [2.24, 2.45) is 5.73 Å². The van der Waals surface area contributed by atoms with E-state index in [0.29, 0.717) is 0 Å². The molecule has 1 aromatic heterocycles. The topological polar surface area (TPSA) is 126 Å². The Morgan fingerprint density at radius 3 is 2.48 bits per heavy atom. The number of urea groups is 1. The van der Waals surface area contributed by atoms with Crippen LogP contribution in [0.1, 0.15) is 33.3 Å². The standard InChI is InChI=1S/C19H26N4O4/c1-11(17(25)27-19(2,3)4)22-16(24)15(23-18(20)26)9-12-10-21-14-8-6-5-7-13(12)14/h5-8,10-11,15,21H,9H2,1-4H3,(H,22,24)(H3,20,23,26)/t11-,15?/m0/s1. The second kappa shape index (κ2) is 8.11. The van der Waals surface area contributed by atoms with E-state index in [1.807, 2.05) is 24.3 Å². The summed E-state index contributed by atoms with van der Waals surface area (Å²) in [6, 6.07) is 5.02. The average Bonchev–Trinajstić information content (AvgIpc) is 2.95. The summed E-state index contributed by atoms with van der Waals surface area (Å²) in [5.41, 5.74) is 6.33. The monoisotopic (exact) mass is 374 g/mol. The molecule has 5 N–H and O–H groups in total. The van der Waals surface area contributed by atoms with E-state index in [1.165, 1.54) is 6.92 Å². The van der Waals surface area contributed by atoms with Crippen LogP contribution in [0.3, 0.4) is 0 Å². The third kappa shape index (κ3) is 5.73. The Hall–Kier alpha value is -3.03. The average molecular weight is 374 g/mol. The van der Waals surface area contributed by atoms with E-state index in [4.69, 9.17) is 10.5 Å². The molecule has 0 spiro atoms. The fourth-order valence-electron chi connectivity index (χ4n) is 2.66. The largest absolute Gasteiger partial charge is 0.458 e. The lowest BCUT2D eigenvalue weighted by Gasteiger charge is -2.24. The summed E-state index contributed by atoms with van der Waals surface area (Å²) in [6.07, 6.45) is 2.00. The molecule has 146 valence electrons. The van der Waals surface area contributed by atoms with E-state index in [1.54, 1.807) is 27.0 Å². The van der Waals surface area contributed by atoms with Crippen molar-refractivity contribution >= 4 is 28.8 Å². The van der Waals surface area contributed by atoms with Gasteiger partial charge in [0.2, 0.25) is 5.91 Å². The van der Waals surface area contributed by atoms with Gasteiger partial charge in [-0.25, -0.2) is 9.59 Å². The van der Waals surface area contributed by atoms with Gasteiger partial charge in [-0.05, 0) is 39.3 Å². The molecule has 2 aromatic rings. The molecule has 0 saturated heterocycles. The van der Waals surface area contributed by atoms with Crippen molar-refractivity contribution in [3.05, 3.63) is 36.0 Å². The number of aromatic amines is 1. The van der Waals surface area contributed by atoms with Gasteiger partial charge in [0.05, 0.1) is 0 Å². The minimum absolute atomic E-state index is 0.222. The maximum absolute atomic E-state index is 12.6. The Morgan fingerprint density at radius 2 is 1.85 bits per heavy atom. The predicted molar refractivity (Wildman–Crippen MR) is 102 cm³/mol. The van der Waals surface area contributed by atoms with Gasteiger partial charge in [0, 0.05) is 23.5 Å². The molecule has 1 heterocycles. The zero-order chi connectivity index (χ0) is 20.2. The number of nitrogens with two attached hydrogens (primary N) is 1. The molecule has 2 rings (SSSR count). The Morgan fingerprint density at radius 1 is 1.19 bits per heavy atom. The first-order chi connectivity index (χ1) is 12.6. The number of ether oxygens (including phenoxy) is 1. The third-order valence-electron chi connectivity index (χ3n) is 3.85. The van der Waals surface area contributed by atoms with Gasteiger partial charge in [-0.15, -0.1) is 0 Å². The number of esters is 1. The summed E-state index contributed by atoms with van der Waals surface area (Å²) in [7, 11) is 0. The molecule has 0 aliphatic rings. The number of amides is 3. The van der Waals surface area contributed by atoms with Crippen LogP contribution in [0, 0.1) is 0 Å². The number of hydrogen-bond acceptors (Lipinski definition) is 4. The van der Waals surface area contributed by atoms with Gasteiger partial charge in [-0.1, -0.05) is 18.2 Å². The lowest BCUT2D eigenvalue weighted by molar-refractivity contribution is -0.158. The zero-order valence-electron chi connectivity index (χ0n) is 16.0. The van der Waals surface area contributed by atoms with E-state index < -0.39 is 35.6 Å². The van der Waals surface area contributed by atoms with Crippen LogP contribution in [0.4, 0.5) is 4.79 Å². The summed E-state index contributed by atoms with van der Waals surface area (Å²) in [6.45, 7) is 6.76. The normalized spacial score (nSPS) is 13.6. The lowest BCUT2D eigenvalue weighted by atomic mass is 10.0. The highest BCUT2D eigenvalue weighted by atomic mass is 16.6. The summed E-state index contributed by atoms with van der Waals surface area (Å²) in [4.78, 5) is 39.2. The maximum Gasteiger partial charge on any atom is 0.328 e. The van der Waals surface area contributed by atoms with Gasteiger partial charge in [-0.3, -0.25) is 4.79 Å². The van der Waals surface area contributed by atoms with Crippen molar-refractivity contribution < 1.29 is 19.1 Å². The molecule has 0 saturated carbocycles. The van der Waals surface area contributed by atoms with Crippen LogP contribution in [-0.4, -0.2) is 40.6 Å². The molecule has 8 heteroatoms. The van der Waals surface area contributed by atoms with Gasteiger partial charge in [0.25, 0.3) is 0 Å². The van der Waals surface area contributed by atoms with E-state index >= 15 is 0 Å². The molecule has 27 heavy (non-hydrogen) atoms. The number of fused-ring (bicyclic) bond motifs is 1. The molecule has 0 bridgehead atoms. The highest BCUT2D eigenvalue weighted by molar-refractivity contribution is 5.91. The summed E-state index contributed by atoms with van der Waals surface area (Å²) >= 11 is 0. The highest BCUT2D eigenvalue weighted by Gasteiger charge is 2.27. The number of nitrogens with one attached hydrogen (secondary N) is 3. The Balaban J connectivity index is 2.12. The van der Waals surface area contributed by atoms with Crippen LogP contribution in [0.5, 0.6) is 0 Å². The van der Waals surface area contributed by atoms with Gasteiger partial charge in [-0.2, -0.15) is 0 Å². The number of aromatic nitrogens is 1. The van der Waals surface area contributed by atoms with Gasteiger partial charge >= 0.3 is 12.0 Å². The van der Waals surface area contributed by atoms with Crippen LogP contribution in [-0.2, 0) is 20.7 Å². The number of benzene rings is 1. The fourth-order valence-corrected chi connectivity index (χ4v) is 2.66. The molecule has 0 aliphatic heterocycles. The van der Waals surface area contributed by atoms with Gasteiger partial charge < -0.3 is 26.1 Å². The Kier molecular flexibility index (Phi) is 6.09. The number of primary amides is 1. The number of carbonyl (C=O) groups is 3. The molecule has 0 aliphatic carbocycles. The molecule has 0 radical (unpaired) electrons. The number of hydrogen-bond donors (Lipinski definition) is 4. The molecule has 1 aromatic carbocycles. The Labute approximate surface area is 157 Å². The predicted octanol–water partition coefficient (Wildman–Crippen LogP) is 1.59. The van der Waals surface area contributed by atoms with Crippen LogP contribution in [0.25, 0.3) is 10.9 Å². The van der Waals surface area contributed by atoms with Crippen molar-refractivity contribution in [1.82, 2.24) is 15.6 Å². The second-order valence-corrected chi connectivity index (χ2v) is 7.39. The smallest absolute Gasteiger partial charge is 0.328 e. The van der Waals surface area contributed by atoms with Gasteiger partial charge in [0.15, 0.2) is 0 Å². The van der Waals surface area contributed by atoms with Crippen LogP contribution in [0.15, 0.2) is 30.5 Å². The quantitative estimate of drug-likeness (QED) is 0.573. The molecule has 2 atom stereocenters. The molecule has 8 nitrogen and oxygen atoms in total. The van der Waals surface area contributed by atoms with Crippen LogP contribution < -0.4 is 16.4 Å². The number of rotatable bonds is 6. The molecular weight excluding hydrogens is 348 g/mol. The number of carbonyl (C=O) groups excluding carboxylic acids is 3. The van der Waals surface area contributed by atoms with Crippen molar-refractivity contribution in [3.63, 3.8) is 0 Å².